The second kappa shape index (κ2) is 6.00. The predicted molar refractivity (Wildman–Crippen MR) is 65.4 cm³/mol. The Morgan fingerprint density at radius 2 is 1.94 bits per heavy atom. The third-order valence-electron chi connectivity index (χ3n) is 3.36. The molecule has 1 saturated heterocycles. The van der Waals surface area contributed by atoms with E-state index in [-0.39, 0.29) is 6.67 Å². The van der Waals surface area contributed by atoms with Crippen molar-refractivity contribution in [3.8, 4) is 0 Å². The molecule has 0 aromatic heterocycles. The second-order valence-electron chi connectivity index (χ2n) is 4.66. The van der Waals surface area contributed by atoms with Crippen molar-refractivity contribution in [2.75, 3.05) is 19.8 Å². The first-order valence-corrected chi connectivity index (χ1v) is 6.23. The van der Waals surface area contributed by atoms with Crippen LogP contribution < -0.4 is 5.32 Å². The Bertz CT molecular complexity index is 318. The van der Waals surface area contributed by atoms with Crippen molar-refractivity contribution in [2.24, 2.45) is 5.92 Å². The highest BCUT2D eigenvalue weighted by molar-refractivity contribution is 5.24. The maximum Gasteiger partial charge on any atom is 0.0934 e. The summed E-state index contributed by atoms with van der Waals surface area (Å²) in [5.74, 6) is 0.807. The van der Waals surface area contributed by atoms with Gasteiger partial charge in [-0.3, -0.25) is 4.39 Å². The monoisotopic (exact) mass is 221 g/mol. The molecule has 0 aliphatic carbocycles. The Morgan fingerprint density at radius 1 is 1.19 bits per heavy atom. The van der Waals surface area contributed by atoms with Gasteiger partial charge in [-0.25, -0.2) is 0 Å². The molecule has 0 spiro atoms. The maximum absolute atomic E-state index is 12.3. The Labute approximate surface area is 97.1 Å². The van der Waals surface area contributed by atoms with Crippen molar-refractivity contribution < 1.29 is 4.39 Å². The zero-order valence-corrected chi connectivity index (χ0v) is 9.71. The lowest BCUT2D eigenvalue weighted by Gasteiger charge is -2.22. The first kappa shape index (κ1) is 11.6. The van der Waals surface area contributed by atoms with Gasteiger partial charge >= 0.3 is 0 Å². The standard InChI is InChI=1S/C14H20FN/c15-7-4-12-2-1-3-14(10-12)11-13-5-8-16-9-6-13/h1-3,10,13,16H,4-9,11H2. The fourth-order valence-corrected chi connectivity index (χ4v) is 2.44. The quantitative estimate of drug-likeness (QED) is 0.824. The third kappa shape index (κ3) is 3.31. The lowest BCUT2D eigenvalue weighted by Crippen LogP contribution is -2.28. The van der Waals surface area contributed by atoms with Gasteiger partial charge in [-0.05, 0) is 49.4 Å². The molecule has 0 saturated carbocycles. The van der Waals surface area contributed by atoms with Crippen LogP contribution in [0.2, 0.25) is 0 Å². The lowest BCUT2D eigenvalue weighted by molar-refractivity contribution is 0.372. The van der Waals surface area contributed by atoms with Crippen LogP contribution in [0.25, 0.3) is 0 Å². The molecule has 1 aliphatic rings. The van der Waals surface area contributed by atoms with Crippen LogP contribution in [0.4, 0.5) is 4.39 Å². The summed E-state index contributed by atoms with van der Waals surface area (Å²) in [6.07, 6.45) is 4.25. The first-order chi connectivity index (χ1) is 7.88. The van der Waals surface area contributed by atoms with Gasteiger partial charge in [-0.1, -0.05) is 24.3 Å². The van der Waals surface area contributed by atoms with Crippen molar-refractivity contribution in [1.82, 2.24) is 5.32 Å². The fraction of sp³-hybridized carbons (Fsp3) is 0.571. The average Bonchev–Trinajstić information content (AvgIpc) is 2.31. The van der Waals surface area contributed by atoms with Crippen LogP contribution in [0, 0.1) is 5.92 Å². The van der Waals surface area contributed by atoms with Crippen LogP contribution in [0.1, 0.15) is 24.0 Å². The van der Waals surface area contributed by atoms with Crippen molar-refractivity contribution in [3.05, 3.63) is 35.4 Å². The number of hydrogen-bond acceptors (Lipinski definition) is 1. The van der Waals surface area contributed by atoms with E-state index in [1.165, 1.54) is 18.4 Å². The molecule has 1 heterocycles. The maximum atomic E-state index is 12.3. The molecule has 1 aromatic rings. The summed E-state index contributed by atoms with van der Waals surface area (Å²) in [4.78, 5) is 0. The summed E-state index contributed by atoms with van der Waals surface area (Å²) in [7, 11) is 0. The van der Waals surface area contributed by atoms with Crippen LogP contribution >= 0.6 is 0 Å². The van der Waals surface area contributed by atoms with E-state index >= 15 is 0 Å². The van der Waals surface area contributed by atoms with Gasteiger partial charge in [0.1, 0.15) is 0 Å². The van der Waals surface area contributed by atoms with Crippen molar-refractivity contribution in [1.29, 1.82) is 0 Å². The normalized spacial score (nSPS) is 17.6. The molecule has 1 N–H and O–H groups in total. The number of halogens is 1. The molecule has 88 valence electrons. The molecule has 1 aromatic carbocycles. The van der Waals surface area contributed by atoms with Crippen LogP contribution in [0.5, 0.6) is 0 Å². The summed E-state index contributed by atoms with van der Waals surface area (Å²) >= 11 is 0. The number of aryl methyl sites for hydroxylation is 1. The minimum Gasteiger partial charge on any atom is -0.317 e. The molecular formula is C14H20FN. The van der Waals surface area contributed by atoms with Gasteiger partial charge in [0.2, 0.25) is 0 Å². The van der Waals surface area contributed by atoms with Gasteiger partial charge in [0.25, 0.3) is 0 Å². The second-order valence-corrected chi connectivity index (χ2v) is 4.66. The van der Waals surface area contributed by atoms with Gasteiger partial charge < -0.3 is 5.32 Å². The van der Waals surface area contributed by atoms with Crippen LogP contribution in [0.15, 0.2) is 24.3 Å². The molecule has 1 aliphatic heterocycles. The van der Waals surface area contributed by atoms with E-state index in [1.807, 2.05) is 6.07 Å². The van der Waals surface area contributed by atoms with Crippen molar-refractivity contribution in [3.63, 3.8) is 0 Å². The van der Waals surface area contributed by atoms with E-state index in [2.05, 4.69) is 23.5 Å². The number of alkyl halides is 1. The van der Waals surface area contributed by atoms with E-state index < -0.39 is 0 Å². The summed E-state index contributed by atoms with van der Waals surface area (Å²) in [6, 6.07) is 8.41. The highest BCUT2D eigenvalue weighted by Crippen LogP contribution is 2.18. The summed E-state index contributed by atoms with van der Waals surface area (Å²) < 4.78 is 12.3. The topological polar surface area (TPSA) is 12.0 Å². The molecule has 0 atom stereocenters. The predicted octanol–water partition coefficient (Wildman–Crippen LogP) is 2.74. The minimum atomic E-state index is -0.253. The number of nitrogens with one attached hydrogen (secondary N) is 1. The summed E-state index contributed by atoms with van der Waals surface area (Å²) in [5.41, 5.74) is 2.51. The first-order valence-electron chi connectivity index (χ1n) is 6.23. The summed E-state index contributed by atoms with van der Waals surface area (Å²) in [5, 5.41) is 3.38. The number of hydrogen-bond donors (Lipinski definition) is 1. The molecule has 0 amide bonds. The lowest BCUT2D eigenvalue weighted by atomic mass is 9.90. The molecule has 1 nitrogen and oxygen atoms in total. The number of piperidine rings is 1. The van der Waals surface area contributed by atoms with Crippen LogP contribution in [-0.4, -0.2) is 19.8 Å². The average molecular weight is 221 g/mol. The molecule has 1 fully saturated rings. The SMILES string of the molecule is FCCc1cccc(CC2CCNCC2)c1. The number of rotatable bonds is 4. The molecular weight excluding hydrogens is 201 g/mol. The summed E-state index contributed by atoms with van der Waals surface area (Å²) in [6.45, 7) is 2.04. The van der Waals surface area contributed by atoms with E-state index in [0.717, 1.165) is 31.0 Å². The fourth-order valence-electron chi connectivity index (χ4n) is 2.44. The van der Waals surface area contributed by atoms with Gasteiger partial charge in [0, 0.05) is 6.42 Å². The zero-order chi connectivity index (χ0) is 11.2. The molecule has 0 bridgehead atoms. The van der Waals surface area contributed by atoms with Gasteiger partial charge in [-0.15, -0.1) is 0 Å². The third-order valence-corrected chi connectivity index (χ3v) is 3.36. The van der Waals surface area contributed by atoms with Crippen LogP contribution in [-0.2, 0) is 12.8 Å². The molecule has 2 rings (SSSR count). The highest BCUT2D eigenvalue weighted by atomic mass is 19.1. The van der Waals surface area contributed by atoms with Gasteiger partial charge in [-0.2, -0.15) is 0 Å². The largest absolute Gasteiger partial charge is 0.317 e. The Hall–Kier alpha value is -0.890. The smallest absolute Gasteiger partial charge is 0.0934 e. The Balaban J connectivity index is 1.94. The van der Waals surface area contributed by atoms with E-state index in [1.54, 1.807) is 0 Å². The Kier molecular flexibility index (Phi) is 4.34. The number of benzene rings is 1. The van der Waals surface area contributed by atoms with E-state index in [0.29, 0.717) is 6.42 Å². The van der Waals surface area contributed by atoms with Crippen molar-refractivity contribution >= 4 is 0 Å². The Morgan fingerprint density at radius 3 is 2.69 bits per heavy atom. The molecule has 2 heteroatoms. The zero-order valence-electron chi connectivity index (χ0n) is 9.71. The molecule has 0 unspecified atom stereocenters. The molecule has 0 radical (unpaired) electrons. The van der Waals surface area contributed by atoms with E-state index in [4.69, 9.17) is 0 Å². The van der Waals surface area contributed by atoms with Crippen molar-refractivity contribution in [2.45, 2.75) is 25.7 Å². The van der Waals surface area contributed by atoms with Gasteiger partial charge in [0.05, 0.1) is 6.67 Å². The van der Waals surface area contributed by atoms with Gasteiger partial charge in [0.15, 0.2) is 0 Å². The minimum absolute atomic E-state index is 0.253. The molecule has 16 heavy (non-hydrogen) atoms. The van der Waals surface area contributed by atoms with Crippen LogP contribution in [0.3, 0.4) is 0 Å². The highest BCUT2D eigenvalue weighted by Gasteiger charge is 2.13. The van der Waals surface area contributed by atoms with E-state index in [9.17, 15) is 4.39 Å².